The Labute approximate surface area is 163 Å². The zero-order chi connectivity index (χ0) is 19.5. The van der Waals surface area contributed by atoms with E-state index in [1.807, 2.05) is 30.5 Å². The number of nitrogens with one attached hydrogen (secondary N) is 2. The Kier molecular flexibility index (Phi) is 5.14. The predicted molar refractivity (Wildman–Crippen MR) is 111 cm³/mol. The molecule has 0 aliphatic heterocycles. The third-order valence-electron chi connectivity index (χ3n) is 5.12. The number of nitrogens with two attached hydrogens (primary N) is 1. The summed E-state index contributed by atoms with van der Waals surface area (Å²) < 4.78 is 0. The van der Waals surface area contributed by atoms with Crippen molar-refractivity contribution in [2.24, 2.45) is 5.73 Å². The van der Waals surface area contributed by atoms with Crippen molar-refractivity contribution in [1.82, 2.24) is 14.9 Å². The van der Waals surface area contributed by atoms with Gasteiger partial charge in [0.15, 0.2) is 0 Å². The van der Waals surface area contributed by atoms with Crippen molar-refractivity contribution in [3.05, 3.63) is 72.1 Å². The molecule has 0 amide bonds. The number of aromatic amines is 2. The number of carbonyl (C=O) groups is 1. The molecule has 0 saturated carbocycles. The highest BCUT2D eigenvalue weighted by atomic mass is 16.4. The molecule has 4 aromatic rings. The van der Waals surface area contributed by atoms with E-state index in [4.69, 9.17) is 10.8 Å². The number of carboxylic acid groups (broad SMARTS) is 1. The van der Waals surface area contributed by atoms with Crippen molar-refractivity contribution in [3.63, 3.8) is 0 Å². The molecule has 0 aliphatic rings. The highest BCUT2D eigenvalue weighted by molar-refractivity contribution is 5.83. The first-order valence-electron chi connectivity index (χ1n) is 9.42. The lowest BCUT2D eigenvalue weighted by Gasteiger charge is -2.22. The molecule has 6 nitrogen and oxygen atoms in total. The van der Waals surface area contributed by atoms with E-state index in [-0.39, 0.29) is 0 Å². The molecule has 0 spiro atoms. The largest absolute Gasteiger partial charge is 0.480 e. The van der Waals surface area contributed by atoms with Crippen LogP contribution >= 0.6 is 0 Å². The normalized spacial score (nSPS) is 12.8. The summed E-state index contributed by atoms with van der Waals surface area (Å²) in [4.78, 5) is 20.1. The maximum Gasteiger partial charge on any atom is 0.320 e. The van der Waals surface area contributed by atoms with Crippen molar-refractivity contribution in [2.75, 3.05) is 6.54 Å². The van der Waals surface area contributed by atoms with Gasteiger partial charge in [-0.1, -0.05) is 36.4 Å². The van der Waals surface area contributed by atoms with Crippen molar-refractivity contribution >= 4 is 27.8 Å². The number of carboxylic acids is 1. The molecule has 2 aromatic heterocycles. The fraction of sp³-hybridized carbons (Fsp3) is 0.227. The summed E-state index contributed by atoms with van der Waals surface area (Å²) in [5.41, 5.74) is 10.2. The fourth-order valence-electron chi connectivity index (χ4n) is 3.62. The number of hydrogen-bond acceptors (Lipinski definition) is 3. The summed E-state index contributed by atoms with van der Waals surface area (Å²) in [6, 6.07) is 17.7. The second kappa shape index (κ2) is 7.88. The molecule has 28 heavy (non-hydrogen) atoms. The van der Waals surface area contributed by atoms with E-state index in [1.165, 1.54) is 16.3 Å². The van der Waals surface area contributed by atoms with E-state index in [9.17, 15) is 4.79 Å². The van der Waals surface area contributed by atoms with Gasteiger partial charge < -0.3 is 20.8 Å². The highest BCUT2D eigenvalue weighted by Gasteiger charge is 2.16. The molecule has 0 saturated heterocycles. The standard InChI is InChI=1S/C22H24N4O2/c23-19(22(27)28)9-10-26(13-16-12-24-21-8-4-2-6-18(16)21)14-17-11-15-5-1-3-7-20(15)25-17/h1-8,11-12,19,24-25H,9-10,13-14,23H2,(H,27,28). The molecular weight excluding hydrogens is 352 g/mol. The third kappa shape index (κ3) is 3.93. The zero-order valence-corrected chi connectivity index (χ0v) is 15.6. The molecular formula is C22H24N4O2. The van der Waals surface area contributed by atoms with Crippen LogP contribution < -0.4 is 5.73 Å². The van der Waals surface area contributed by atoms with E-state index in [1.54, 1.807) is 0 Å². The average Bonchev–Trinajstić information content (AvgIpc) is 3.29. The summed E-state index contributed by atoms with van der Waals surface area (Å²) in [5, 5.41) is 11.5. The fourth-order valence-corrected chi connectivity index (χ4v) is 3.62. The number of hydrogen-bond donors (Lipinski definition) is 4. The Morgan fingerprint density at radius 2 is 1.82 bits per heavy atom. The van der Waals surface area contributed by atoms with E-state index in [0.717, 1.165) is 16.7 Å². The van der Waals surface area contributed by atoms with E-state index in [0.29, 0.717) is 26.1 Å². The van der Waals surface area contributed by atoms with E-state index < -0.39 is 12.0 Å². The van der Waals surface area contributed by atoms with Crippen LogP contribution in [0.25, 0.3) is 21.8 Å². The van der Waals surface area contributed by atoms with Crippen molar-refractivity contribution < 1.29 is 9.90 Å². The van der Waals surface area contributed by atoms with Gasteiger partial charge in [-0.25, -0.2) is 0 Å². The summed E-state index contributed by atoms with van der Waals surface area (Å²) in [6.45, 7) is 2.01. The molecule has 5 N–H and O–H groups in total. The van der Waals surface area contributed by atoms with Gasteiger partial charge in [-0.2, -0.15) is 0 Å². The van der Waals surface area contributed by atoms with Crippen LogP contribution in [0, 0.1) is 0 Å². The van der Waals surface area contributed by atoms with Gasteiger partial charge in [0.05, 0.1) is 0 Å². The quantitative estimate of drug-likeness (QED) is 0.378. The topological polar surface area (TPSA) is 98.1 Å². The first kappa shape index (κ1) is 18.3. The van der Waals surface area contributed by atoms with Gasteiger partial charge >= 0.3 is 5.97 Å². The Hall–Kier alpha value is -3.09. The number of aromatic nitrogens is 2. The Balaban J connectivity index is 1.56. The number of rotatable bonds is 8. The Bertz CT molecular complexity index is 1070. The minimum absolute atomic E-state index is 0.401. The van der Waals surface area contributed by atoms with E-state index >= 15 is 0 Å². The van der Waals surface area contributed by atoms with Crippen LogP contribution in [0.3, 0.4) is 0 Å². The summed E-state index contributed by atoms with van der Waals surface area (Å²) >= 11 is 0. The molecule has 0 radical (unpaired) electrons. The van der Waals surface area contributed by atoms with Crippen LogP contribution in [-0.2, 0) is 17.9 Å². The zero-order valence-electron chi connectivity index (χ0n) is 15.6. The first-order valence-corrected chi connectivity index (χ1v) is 9.42. The number of para-hydroxylation sites is 2. The average molecular weight is 376 g/mol. The van der Waals surface area contributed by atoms with Crippen LogP contribution in [0.1, 0.15) is 17.7 Å². The molecule has 0 fully saturated rings. The van der Waals surface area contributed by atoms with Gasteiger partial charge in [0.1, 0.15) is 6.04 Å². The smallest absolute Gasteiger partial charge is 0.320 e. The number of aliphatic carboxylic acids is 1. The molecule has 2 aromatic carbocycles. The number of nitrogens with zero attached hydrogens (tertiary/aromatic N) is 1. The number of H-pyrrole nitrogens is 2. The van der Waals surface area contributed by atoms with Crippen molar-refractivity contribution in [3.8, 4) is 0 Å². The molecule has 4 rings (SSSR count). The van der Waals surface area contributed by atoms with Crippen LogP contribution in [0.4, 0.5) is 0 Å². The Morgan fingerprint density at radius 1 is 1.07 bits per heavy atom. The van der Waals surface area contributed by atoms with E-state index in [2.05, 4.69) is 45.2 Å². The molecule has 2 heterocycles. The predicted octanol–water partition coefficient (Wildman–Crippen LogP) is 3.45. The maximum atomic E-state index is 11.1. The van der Waals surface area contributed by atoms with Gasteiger partial charge in [0.25, 0.3) is 0 Å². The molecule has 6 heteroatoms. The van der Waals surface area contributed by atoms with Crippen LogP contribution in [0.5, 0.6) is 0 Å². The summed E-state index contributed by atoms with van der Waals surface area (Å²) in [6.07, 6.45) is 2.43. The minimum atomic E-state index is -0.961. The lowest BCUT2D eigenvalue weighted by Crippen LogP contribution is -2.35. The monoisotopic (exact) mass is 376 g/mol. The summed E-state index contributed by atoms with van der Waals surface area (Å²) in [5.74, 6) is -0.961. The molecule has 1 unspecified atom stereocenters. The molecule has 1 atom stereocenters. The van der Waals surface area contributed by atoms with Gasteiger partial charge in [-0.05, 0) is 35.6 Å². The lowest BCUT2D eigenvalue weighted by molar-refractivity contribution is -0.138. The van der Waals surface area contributed by atoms with Gasteiger partial charge in [-0.15, -0.1) is 0 Å². The van der Waals surface area contributed by atoms with Gasteiger partial charge in [-0.3, -0.25) is 9.69 Å². The first-order chi connectivity index (χ1) is 13.6. The number of benzene rings is 2. The maximum absolute atomic E-state index is 11.1. The SMILES string of the molecule is NC(CCN(Cc1cc2ccccc2[nH]1)Cc1c[nH]c2ccccc12)C(=O)O. The molecule has 0 aliphatic carbocycles. The van der Waals surface area contributed by atoms with Crippen LogP contribution in [-0.4, -0.2) is 38.5 Å². The van der Waals surface area contributed by atoms with Crippen molar-refractivity contribution in [1.29, 1.82) is 0 Å². The third-order valence-corrected chi connectivity index (χ3v) is 5.12. The Morgan fingerprint density at radius 3 is 2.61 bits per heavy atom. The second-order valence-corrected chi connectivity index (χ2v) is 7.19. The lowest BCUT2D eigenvalue weighted by atomic mass is 10.1. The molecule has 0 bridgehead atoms. The van der Waals surface area contributed by atoms with Crippen molar-refractivity contribution in [2.45, 2.75) is 25.6 Å². The molecule has 144 valence electrons. The van der Waals surface area contributed by atoms with Crippen LogP contribution in [0.15, 0.2) is 60.8 Å². The van der Waals surface area contributed by atoms with Gasteiger partial charge in [0.2, 0.25) is 0 Å². The van der Waals surface area contributed by atoms with Crippen LogP contribution in [0.2, 0.25) is 0 Å². The number of fused-ring (bicyclic) bond motifs is 2. The van der Waals surface area contributed by atoms with Gasteiger partial charge in [0, 0.05) is 47.9 Å². The second-order valence-electron chi connectivity index (χ2n) is 7.19. The minimum Gasteiger partial charge on any atom is -0.480 e. The summed E-state index contributed by atoms with van der Waals surface area (Å²) in [7, 11) is 0. The highest BCUT2D eigenvalue weighted by Crippen LogP contribution is 2.22.